The Kier molecular flexibility index (Phi) is 5.54. The molecule has 1 aliphatic heterocycles. The first kappa shape index (κ1) is 18.3. The highest BCUT2D eigenvalue weighted by Gasteiger charge is 2.28. The number of aromatic amines is 1. The standard InChI is InChI=1S/C16H22ClN3O4/c1-16(2,3)24-15(23)20-6-4-11(5-7-20)19-14(22)12-8-10(17)9-18-13(12)21/h8-9,11H,4-7H2,1-3H3,(H,18,21)(H,19,22). The average Bonchev–Trinajstić information content (AvgIpc) is 2.48. The van der Waals surface area contributed by atoms with Crippen molar-refractivity contribution in [2.45, 2.75) is 45.3 Å². The van der Waals surface area contributed by atoms with Crippen LogP contribution >= 0.6 is 11.6 Å². The molecular formula is C16H22ClN3O4. The minimum Gasteiger partial charge on any atom is -0.444 e. The number of hydrogen-bond acceptors (Lipinski definition) is 4. The van der Waals surface area contributed by atoms with Gasteiger partial charge in [0.25, 0.3) is 11.5 Å². The zero-order valence-electron chi connectivity index (χ0n) is 14.0. The van der Waals surface area contributed by atoms with E-state index in [9.17, 15) is 14.4 Å². The quantitative estimate of drug-likeness (QED) is 0.850. The van der Waals surface area contributed by atoms with Crippen molar-refractivity contribution in [3.05, 3.63) is 33.2 Å². The molecule has 0 unspecified atom stereocenters. The number of carbonyl (C=O) groups excluding carboxylic acids is 2. The lowest BCUT2D eigenvalue weighted by atomic mass is 10.0. The normalized spacial score (nSPS) is 15.9. The van der Waals surface area contributed by atoms with E-state index in [4.69, 9.17) is 16.3 Å². The van der Waals surface area contributed by atoms with Crippen LogP contribution in [0.5, 0.6) is 0 Å². The Hall–Kier alpha value is -2.02. The van der Waals surface area contributed by atoms with E-state index in [2.05, 4.69) is 10.3 Å². The van der Waals surface area contributed by atoms with E-state index < -0.39 is 17.1 Å². The van der Waals surface area contributed by atoms with Crippen molar-refractivity contribution >= 4 is 23.6 Å². The number of likely N-dealkylation sites (tertiary alicyclic amines) is 1. The van der Waals surface area contributed by atoms with Gasteiger partial charge < -0.3 is 19.9 Å². The molecule has 0 saturated carbocycles. The monoisotopic (exact) mass is 355 g/mol. The van der Waals surface area contributed by atoms with Gasteiger partial charge in [-0.2, -0.15) is 0 Å². The van der Waals surface area contributed by atoms with E-state index in [1.807, 2.05) is 20.8 Å². The molecule has 0 spiro atoms. The minimum atomic E-state index is -0.532. The van der Waals surface area contributed by atoms with Gasteiger partial charge in [0, 0.05) is 25.3 Å². The number of ether oxygens (including phenoxy) is 1. The summed E-state index contributed by atoms with van der Waals surface area (Å²) in [6, 6.07) is 1.24. The highest BCUT2D eigenvalue weighted by molar-refractivity contribution is 6.30. The molecule has 2 N–H and O–H groups in total. The predicted molar refractivity (Wildman–Crippen MR) is 90.4 cm³/mol. The van der Waals surface area contributed by atoms with Crippen LogP contribution in [0.4, 0.5) is 4.79 Å². The number of amides is 2. The summed E-state index contributed by atoms with van der Waals surface area (Å²) in [7, 11) is 0. The molecule has 1 aromatic rings. The number of carbonyl (C=O) groups is 2. The first-order valence-corrected chi connectivity index (χ1v) is 8.20. The number of aromatic nitrogens is 1. The molecule has 1 saturated heterocycles. The van der Waals surface area contributed by atoms with Crippen LogP contribution in [0.2, 0.25) is 5.02 Å². The smallest absolute Gasteiger partial charge is 0.410 e. The third kappa shape index (κ3) is 4.99. The summed E-state index contributed by atoms with van der Waals surface area (Å²) in [5.74, 6) is -0.463. The summed E-state index contributed by atoms with van der Waals surface area (Å²) >= 11 is 5.80. The highest BCUT2D eigenvalue weighted by Crippen LogP contribution is 2.16. The maximum Gasteiger partial charge on any atom is 0.410 e. The van der Waals surface area contributed by atoms with Gasteiger partial charge in [0.15, 0.2) is 0 Å². The molecule has 2 rings (SSSR count). The van der Waals surface area contributed by atoms with Crippen molar-refractivity contribution in [2.75, 3.05) is 13.1 Å². The second-order valence-electron chi connectivity index (χ2n) is 6.78. The van der Waals surface area contributed by atoms with Crippen LogP contribution in [0.1, 0.15) is 44.0 Å². The van der Waals surface area contributed by atoms with Crippen LogP contribution in [-0.4, -0.2) is 46.6 Å². The molecule has 7 nitrogen and oxygen atoms in total. The van der Waals surface area contributed by atoms with Crippen LogP contribution in [0.15, 0.2) is 17.1 Å². The van der Waals surface area contributed by atoms with Crippen LogP contribution in [0.25, 0.3) is 0 Å². The maximum absolute atomic E-state index is 12.2. The summed E-state index contributed by atoms with van der Waals surface area (Å²) < 4.78 is 5.33. The Morgan fingerprint density at radius 2 is 1.96 bits per heavy atom. The van der Waals surface area contributed by atoms with Gasteiger partial charge in [0.05, 0.1) is 5.02 Å². The van der Waals surface area contributed by atoms with Gasteiger partial charge in [-0.3, -0.25) is 9.59 Å². The molecule has 1 aromatic heterocycles. The third-order valence-electron chi connectivity index (χ3n) is 3.59. The molecule has 24 heavy (non-hydrogen) atoms. The second-order valence-corrected chi connectivity index (χ2v) is 7.21. The predicted octanol–water partition coefficient (Wildman–Crippen LogP) is 2.16. The van der Waals surface area contributed by atoms with E-state index in [0.717, 1.165) is 0 Å². The fraction of sp³-hybridized carbons (Fsp3) is 0.562. The molecule has 2 amide bonds. The highest BCUT2D eigenvalue weighted by atomic mass is 35.5. The minimum absolute atomic E-state index is 0.0166. The lowest BCUT2D eigenvalue weighted by Gasteiger charge is -2.33. The van der Waals surface area contributed by atoms with Crippen molar-refractivity contribution < 1.29 is 14.3 Å². The van der Waals surface area contributed by atoms with Crippen LogP contribution in [0, 0.1) is 0 Å². The molecule has 0 atom stereocenters. The Morgan fingerprint density at radius 1 is 1.33 bits per heavy atom. The van der Waals surface area contributed by atoms with Crippen LogP contribution < -0.4 is 10.9 Å². The van der Waals surface area contributed by atoms with Gasteiger partial charge in [-0.1, -0.05) is 11.6 Å². The molecule has 1 fully saturated rings. The Balaban J connectivity index is 1.89. The van der Waals surface area contributed by atoms with Gasteiger partial charge >= 0.3 is 6.09 Å². The van der Waals surface area contributed by atoms with E-state index >= 15 is 0 Å². The van der Waals surface area contributed by atoms with E-state index in [0.29, 0.717) is 31.0 Å². The summed E-state index contributed by atoms with van der Waals surface area (Å²) in [5.41, 5.74) is -1.03. The Labute approximate surface area is 145 Å². The van der Waals surface area contributed by atoms with Gasteiger partial charge in [-0.05, 0) is 39.7 Å². The van der Waals surface area contributed by atoms with Crippen molar-refractivity contribution in [3.63, 3.8) is 0 Å². The molecule has 2 heterocycles. The first-order chi connectivity index (χ1) is 11.2. The number of piperidine rings is 1. The van der Waals surface area contributed by atoms with Gasteiger partial charge in [0.1, 0.15) is 11.2 Å². The molecule has 1 aliphatic rings. The number of nitrogens with one attached hydrogen (secondary N) is 2. The van der Waals surface area contributed by atoms with Crippen molar-refractivity contribution in [3.8, 4) is 0 Å². The van der Waals surface area contributed by atoms with Crippen molar-refractivity contribution in [1.29, 1.82) is 0 Å². The van der Waals surface area contributed by atoms with E-state index in [1.165, 1.54) is 12.3 Å². The SMILES string of the molecule is CC(C)(C)OC(=O)N1CCC(NC(=O)c2cc(Cl)c[nH]c2=O)CC1. The maximum atomic E-state index is 12.2. The van der Waals surface area contributed by atoms with Crippen molar-refractivity contribution in [2.24, 2.45) is 0 Å². The average molecular weight is 356 g/mol. The first-order valence-electron chi connectivity index (χ1n) is 7.83. The molecule has 0 bridgehead atoms. The molecular weight excluding hydrogens is 334 g/mol. The van der Waals surface area contributed by atoms with Crippen LogP contribution in [0.3, 0.4) is 0 Å². The van der Waals surface area contributed by atoms with Gasteiger partial charge in [-0.25, -0.2) is 4.79 Å². The molecule has 8 heteroatoms. The lowest BCUT2D eigenvalue weighted by molar-refractivity contribution is 0.0199. The number of rotatable bonds is 2. The Morgan fingerprint density at radius 3 is 2.54 bits per heavy atom. The topological polar surface area (TPSA) is 91.5 Å². The molecule has 0 radical (unpaired) electrons. The zero-order valence-corrected chi connectivity index (χ0v) is 14.8. The largest absolute Gasteiger partial charge is 0.444 e. The molecule has 0 aromatic carbocycles. The van der Waals surface area contributed by atoms with Crippen LogP contribution in [-0.2, 0) is 4.74 Å². The summed E-state index contributed by atoms with van der Waals surface area (Å²) in [5, 5.41) is 3.11. The van der Waals surface area contributed by atoms with E-state index in [1.54, 1.807) is 4.90 Å². The number of hydrogen-bond donors (Lipinski definition) is 2. The number of nitrogens with zero attached hydrogens (tertiary/aromatic N) is 1. The summed E-state index contributed by atoms with van der Waals surface area (Å²) in [6.45, 7) is 6.44. The number of pyridine rings is 1. The fourth-order valence-corrected chi connectivity index (χ4v) is 2.59. The van der Waals surface area contributed by atoms with Gasteiger partial charge in [0.2, 0.25) is 0 Å². The zero-order chi connectivity index (χ0) is 17.9. The lowest BCUT2D eigenvalue weighted by Crippen LogP contribution is -2.48. The van der Waals surface area contributed by atoms with Crippen molar-refractivity contribution in [1.82, 2.24) is 15.2 Å². The Bertz CT molecular complexity index is 673. The fourth-order valence-electron chi connectivity index (χ4n) is 2.42. The third-order valence-corrected chi connectivity index (χ3v) is 3.81. The summed E-state index contributed by atoms with van der Waals surface area (Å²) in [4.78, 5) is 39.9. The van der Waals surface area contributed by atoms with Gasteiger partial charge in [-0.15, -0.1) is 0 Å². The molecule has 132 valence electrons. The number of halogens is 1. The second kappa shape index (κ2) is 7.25. The molecule has 0 aliphatic carbocycles. The number of H-pyrrole nitrogens is 1. The van der Waals surface area contributed by atoms with E-state index in [-0.39, 0.29) is 17.7 Å². The summed E-state index contributed by atoms with van der Waals surface area (Å²) in [6.07, 6.45) is 2.19.